The standard InChI is InChI=1S/C14H15FN2.C4H4O4/c1-9(16)8-17-5-4-10-6-11-7-12(15)2-3-13(11)14(10)17;5-3(6)1-2-4(7)8/h2-5,7,9H,6,8,16H2,1H3;1-2H,(H,5,6)(H,7,8)/b;2-1+/t9-;/m0./s1. The molecule has 0 unspecified atom stereocenters. The van der Waals surface area contributed by atoms with E-state index in [2.05, 4.69) is 16.8 Å². The van der Waals surface area contributed by atoms with Crippen LogP contribution >= 0.6 is 0 Å². The van der Waals surface area contributed by atoms with Gasteiger partial charge in [-0.15, -0.1) is 0 Å². The van der Waals surface area contributed by atoms with Crippen molar-refractivity contribution < 1.29 is 24.2 Å². The van der Waals surface area contributed by atoms with Gasteiger partial charge in [0.15, 0.2) is 0 Å². The molecule has 0 saturated carbocycles. The predicted octanol–water partition coefficient (Wildman–Crippen LogP) is 2.26. The van der Waals surface area contributed by atoms with Crippen molar-refractivity contribution in [1.82, 2.24) is 4.57 Å². The minimum Gasteiger partial charge on any atom is -0.478 e. The average molecular weight is 346 g/mol. The normalized spacial score (nSPS) is 12.9. The Kier molecular flexibility index (Phi) is 5.71. The molecule has 0 aliphatic heterocycles. The number of hydrogen-bond donors (Lipinski definition) is 3. The third kappa shape index (κ3) is 4.77. The molecule has 1 aromatic carbocycles. The third-order valence-electron chi connectivity index (χ3n) is 3.60. The first kappa shape index (κ1) is 18.4. The van der Waals surface area contributed by atoms with Crippen molar-refractivity contribution in [2.75, 3.05) is 0 Å². The van der Waals surface area contributed by atoms with Crippen LogP contribution in [0.4, 0.5) is 4.39 Å². The summed E-state index contributed by atoms with van der Waals surface area (Å²) in [4.78, 5) is 19.1. The van der Waals surface area contributed by atoms with Crippen LogP contribution < -0.4 is 5.73 Å². The van der Waals surface area contributed by atoms with Crippen LogP contribution in [0.25, 0.3) is 11.3 Å². The van der Waals surface area contributed by atoms with Gasteiger partial charge in [0, 0.05) is 42.9 Å². The molecule has 0 radical (unpaired) electrons. The van der Waals surface area contributed by atoms with Crippen LogP contribution in [-0.2, 0) is 22.6 Å². The number of carbonyl (C=O) groups is 2. The molecule has 25 heavy (non-hydrogen) atoms. The molecular formula is C18H19FN2O4. The summed E-state index contributed by atoms with van der Waals surface area (Å²) >= 11 is 0. The monoisotopic (exact) mass is 346 g/mol. The number of carboxylic acids is 2. The first-order valence-corrected chi connectivity index (χ1v) is 7.64. The molecule has 7 heteroatoms. The van der Waals surface area contributed by atoms with Gasteiger partial charge >= 0.3 is 11.9 Å². The molecule has 1 heterocycles. The number of aromatic nitrogens is 1. The van der Waals surface area contributed by atoms with Crippen LogP contribution in [-0.4, -0.2) is 32.8 Å². The Bertz CT molecular complexity index is 808. The summed E-state index contributed by atoms with van der Waals surface area (Å²) in [5.41, 5.74) is 10.5. The van der Waals surface area contributed by atoms with E-state index < -0.39 is 11.9 Å². The highest BCUT2D eigenvalue weighted by Crippen LogP contribution is 2.37. The molecule has 3 rings (SSSR count). The van der Waals surface area contributed by atoms with Gasteiger partial charge in [0.1, 0.15) is 5.82 Å². The summed E-state index contributed by atoms with van der Waals surface area (Å²) in [6.45, 7) is 2.79. The van der Waals surface area contributed by atoms with E-state index in [1.54, 1.807) is 6.07 Å². The Morgan fingerprint density at radius 2 is 1.88 bits per heavy atom. The number of benzene rings is 1. The number of halogens is 1. The quantitative estimate of drug-likeness (QED) is 0.628. The molecule has 0 bridgehead atoms. The van der Waals surface area contributed by atoms with Crippen LogP contribution in [0.2, 0.25) is 0 Å². The Morgan fingerprint density at radius 1 is 1.24 bits per heavy atom. The number of fused-ring (bicyclic) bond motifs is 3. The molecule has 1 aliphatic rings. The maximum absolute atomic E-state index is 13.2. The second-order valence-electron chi connectivity index (χ2n) is 5.81. The van der Waals surface area contributed by atoms with Crippen molar-refractivity contribution in [3.8, 4) is 11.3 Å². The van der Waals surface area contributed by atoms with Crippen molar-refractivity contribution in [2.45, 2.75) is 25.9 Å². The highest BCUT2D eigenvalue weighted by Gasteiger charge is 2.22. The minimum atomic E-state index is -1.26. The molecule has 0 fully saturated rings. The lowest BCUT2D eigenvalue weighted by Gasteiger charge is -2.11. The number of nitrogens with zero attached hydrogens (tertiary/aromatic N) is 1. The van der Waals surface area contributed by atoms with Crippen molar-refractivity contribution in [1.29, 1.82) is 0 Å². The zero-order valence-electron chi connectivity index (χ0n) is 13.6. The van der Waals surface area contributed by atoms with E-state index in [9.17, 15) is 14.0 Å². The van der Waals surface area contributed by atoms with E-state index in [4.69, 9.17) is 15.9 Å². The molecule has 1 aromatic heterocycles. The van der Waals surface area contributed by atoms with E-state index in [0.29, 0.717) is 12.2 Å². The van der Waals surface area contributed by atoms with Gasteiger partial charge in [0.05, 0.1) is 5.69 Å². The van der Waals surface area contributed by atoms with Crippen molar-refractivity contribution in [2.24, 2.45) is 5.73 Å². The molecule has 2 aromatic rings. The smallest absolute Gasteiger partial charge is 0.328 e. The number of hydrogen-bond acceptors (Lipinski definition) is 3. The van der Waals surface area contributed by atoms with Gasteiger partial charge in [-0.05, 0) is 42.3 Å². The zero-order chi connectivity index (χ0) is 18.6. The third-order valence-corrected chi connectivity index (χ3v) is 3.60. The molecule has 0 spiro atoms. The largest absolute Gasteiger partial charge is 0.478 e. The van der Waals surface area contributed by atoms with Crippen LogP contribution in [0.1, 0.15) is 18.1 Å². The molecule has 0 amide bonds. The Hall–Kier alpha value is -2.93. The Balaban J connectivity index is 0.000000242. The van der Waals surface area contributed by atoms with Gasteiger partial charge in [-0.3, -0.25) is 0 Å². The fourth-order valence-electron chi connectivity index (χ4n) is 2.74. The molecule has 6 nitrogen and oxygen atoms in total. The van der Waals surface area contributed by atoms with Gasteiger partial charge in [0.2, 0.25) is 0 Å². The SMILES string of the molecule is C[C@H](N)Cn1ccc2c1-c1ccc(F)cc1C2.O=C(O)/C=C/C(=O)O. The Morgan fingerprint density at radius 3 is 2.44 bits per heavy atom. The van der Waals surface area contributed by atoms with Crippen molar-refractivity contribution >= 4 is 11.9 Å². The zero-order valence-corrected chi connectivity index (χ0v) is 13.6. The number of nitrogens with two attached hydrogens (primary N) is 1. The van der Waals surface area contributed by atoms with Gasteiger partial charge < -0.3 is 20.5 Å². The predicted molar refractivity (Wildman–Crippen MR) is 90.7 cm³/mol. The summed E-state index contributed by atoms with van der Waals surface area (Å²) in [5, 5.41) is 15.6. The second kappa shape index (κ2) is 7.76. The van der Waals surface area contributed by atoms with Gasteiger partial charge in [-0.1, -0.05) is 0 Å². The summed E-state index contributed by atoms with van der Waals surface area (Å²) in [6.07, 6.45) is 4.01. The molecule has 1 atom stereocenters. The molecule has 0 saturated heterocycles. The minimum absolute atomic E-state index is 0.121. The summed E-state index contributed by atoms with van der Waals surface area (Å²) in [6, 6.07) is 7.25. The molecule has 132 valence electrons. The number of carboxylic acid groups (broad SMARTS) is 2. The van der Waals surface area contributed by atoms with Gasteiger partial charge in [-0.2, -0.15) is 0 Å². The van der Waals surface area contributed by atoms with Crippen molar-refractivity contribution in [3.63, 3.8) is 0 Å². The van der Waals surface area contributed by atoms with Gasteiger partial charge in [0.25, 0.3) is 0 Å². The number of rotatable bonds is 4. The van der Waals surface area contributed by atoms with Crippen LogP contribution in [0.5, 0.6) is 0 Å². The van der Waals surface area contributed by atoms with Crippen LogP contribution in [0.3, 0.4) is 0 Å². The molecule has 1 aliphatic carbocycles. The number of aliphatic carboxylic acids is 2. The summed E-state index contributed by atoms with van der Waals surface area (Å²) < 4.78 is 15.3. The van der Waals surface area contributed by atoms with E-state index >= 15 is 0 Å². The highest BCUT2D eigenvalue weighted by molar-refractivity contribution is 5.89. The lowest BCUT2D eigenvalue weighted by atomic mass is 10.1. The topological polar surface area (TPSA) is 106 Å². The maximum Gasteiger partial charge on any atom is 0.328 e. The van der Waals surface area contributed by atoms with Crippen molar-refractivity contribution in [3.05, 3.63) is 59.6 Å². The maximum atomic E-state index is 13.2. The van der Waals surface area contributed by atoms with E-state index in [0.717, 1.165) is 24.1 Å². The lowest BCUT2D eigenvalue weighted by Crippen LogP contribution is -2.22. The average Bonchev–Trinajstić information content (AvgIpc) is 3.04. The summed E-state index contributed by atoms with van der Waals surface area (Å²) in [7, 11) is 0. The summed E-state index contributed by atoms with van der Waals surface area (Å²) in [5.74, 6) is -2.67. The van der Waals surface area contributed by atoms with Crippen LogP contribution in [0, 0.1) is 5.82 Å². The first-order chi connectivity index (χ1) is 11.8. The highest BCUT2D eigenvalue weighted by atomic mass is 19.1. The molecular weight excluding hydrogens is 327 g/mol. The van der Waals surface area contributed by atoms with E-state index in [-0.39, 0.29) is 11.9 Å². The fourth-order valence-corrected chi connectivity index (χ4v) is 2.74. The Labute approximate surface area is 144 Å². The van der Waals surface area contributed by atoms with Gasteiger partial charge in [-0.25, -0.2) is 14.0 Å². The lowest BCUT2D eigenvalue weighted by molar-refractivity contribution is -0.134. The first-order valence-electron chi connectivity index (χ1n) is 7.64. The van der Waals surface area contributed by atoms with E-state index in [1.807, 2.05) is 13.0 Å². The second-order valence-corrected chi connectivity index (χ2v) is 5.81. The molecule has 4 N–H and O–H groups in total. The fraction of sp³-hybridized carbons (Fsp3) is 0.222. The van der Waals surface area contributed by atoms with Crippen LogP contribution in [0.15, 0.2) is 42.6 Å². The van der Waals surface area contributed by atoms with E-state index in [1.165, 1.54) is 17.3 Å².